The van der Waals surface area contributed by atoms with E-state index in [-0.39, 0.29) is 11.7 Å². The van der Waals surface area contributed by atoms with Gasteiger partial charge in [-0.1, -0.05) is 11.6 Å². The minimum Gasteiger partial charge on any atom is -0.431 e. The lowest BCUT2D eigenvalue weighted by molar-refractivity contribution is 0.0237. The van der Waals surface area contributed by atoms with Gasteiger partial charge < -0.3 is 30.0 Å². The monoisotopic (exact) mass is 436 g/mol. The number of hydrogen-bond acceptors (Lipinski definition) is 8. The zero-order valence-electron chi connectivity index (χ0n) is 17.4. The number of hydrogen-bond donors (Lipinski definition) is 2. The highest BCUT2D eigenvalue weighted by Gasteiger charge is 2.17. The molecule has 1 aromatic heterocycles. The first-order valence-electron chi connectivity index (χ1n) is 9.94. The number of carbonyl (C=O) groups excluding carboxylic acids is 1. The number of nitrogen functional groups attached to an aromatic ring is 1. The second-order valence-corrected chi connectivity index (χ2v) is 7.90. The van der Waals surface area contributed by atoms with E-state index < -0.39 is 5.91 Å². The maximum Gasteiger partial charge on any atom is 0.292 e. The van der Waals surface area contributed by atoms with E-state index in [9.17, 15) is 4.79 Å². The van der Waals surface area contributed by atoms with E-state index in [4.69, 9.17) is 26.5 Å². The van der Waals surface area contributed by atoms with E-state index >= 15 is 0 Å². The summed E-state index contributed by atoms with van der Waals surface area (Å²) in [5.41, 5.74) is 7.01. The van der Waals surface area contributed by atoms with Crippen LogP contribution in [0.3, 0.4) is 0 Å². The first kappa shape index (κ1) is 22.4. The Morgan fingerprint density at radius 1 is 1.33 bits per heavy atom. The molecule has 0 saturated carbocycles. The molecule has 1 amide bonds. The van der Waals surface area contributed by atoms with Crippen molar-refractivity contribution < 1.29 is 13.9 Å². The van der Waals surface area contributed by atoms with Crippen LogP contribution in [0, 0.1) is 0 Å². The number of benzene rings is 1. The molecule has 1 aliphatic heterocycles. The first-order valence-corrected chi connectivity index (χ1v) is 10.3. The van der Waals surface area contributed by atoms with Crippen molar-refractivity contribution in [3.63, 3.8) is 0 Å². The number of amides is 1. The Morgan fingerprint density at radius 3 is 2.90 bits per heavy atom. The van der Waals surface area contributed by atoms with E-state index in [1.807, 2.05) is 12.1 Å². The average Bonchev–Trinajstić information content (AvgIpc) is 3.12. The highest BCUT2D eigenvalue weighted by Crippen LogP contribution is 2.28. The molecule has 1 fully saturated rings. The summed E-state index contributed by atoms with van der Waals surface area (Å²) in [7, 11) is 4.17. The maximum absolute atomic E-state index is 12.4. The molecule has 3 N–H and O–H groups in total. The fourth-order valence-electron chi connectivity index (χ4n) is 3.24. The molecule has 1 aromatic carbocycles. The second-order valence-electron chi connectivity index (χ2n) is 7.49. The summed E-state index contributed by atoms with van der Waals surface area (Å²) < 4.78 is 10.7. The van der Waals surface area contributed by atoms with E-state index in [0.717, 1.165) is 44.8 Å². The molecule has 2 heterocycles. The minimum absolute atomic E-state index is 0.0595. The summed E-state index contributed by atoms with van der Waals surface area (Å²) in [6, 6.07) is 5.53. The van der Waals surface area contributed by atoms with Gasteiger partial charge in [0, 0.05) is 31.9 Å². The molecule has 30 heavy (non-hydrogen) atoms. The van der Waals surface area contributed by atoms with Gasteiger partial charge in [-0.25, -0.2) is 0 Å². The average molecular weight is 437 g/mol. The summed E-state index contributed by atoms with van der Waals surface area (Å²) in [4.78, 5) is 22.9. The summed E-state index contributed by atoms with van der Waals surface area (Å²) in [6.07, 6.45) is 2.31. The predicted octanol–water partition coefficient (Wildman–Crippen LogP) is 2.21. The van der Waals surface area contributed by atoms with Crippen molar-refractivity contribution >= 4 is 34.9 Å². The van der Waals surface area contributed by atoms with Crippen molar-refractivity contribution in [1.82, 2.24) is 14.8 Å². The Hall–Kier alpha value is -2.33. The van der Waals surface area contributed by atoms with Gasteiger partial charge in [-0.2, -0.15) is 4.98 Å². The third kappa shape index (κ3) is 6.33. The lowest BCUT2D eigenvalue weighted by Gasteiger charge is -2.32. The zero-order chi connectivity index (χ0) is 21.5. The largest absolute Gasteiger partial charge is 0.431 e. The molecule has 0 aliphatic carbocycles. The van der Waals surface area contributed by atoms with E-state index in [1.165, 1.54) is 6.26 Å². The summed E-state index contributed by atoms with van der Waals surface area (Å²) in [5.74, 6) is -0.433. The Morgan fingerprint density at radius 2 is 2.17 bits per heavy atom. The van der Waals surface area contributed by atoms with Crippen LogP contribution in [0.15, 0.2) is 28.9 Å². The Balaban J connectivity index is 1.64. The molecule has 164 valence electrons. The van der Waals surface area contributed by atoms with Crippen molar-refractivity contribution in [3.05, 3.63) is 35.2 Å². The molecule has 1 saturated heterocycles. The quantitative estimate of drug-likeness (QED) is 0.681. The van der Waals surface area contributed by atoms with Gasteiger partial charge in [0.15, 0.2) is 5.69 Å². The number of rotatable bonds is 7. The fourth-order valence-corrected chi connectivity index (χ4v) is 3.40. The predicted molar refractivity (Wildman–Crippen MR) is 118 cm³/mol. The van der Waals surface area contributed by atoms with Gasteiger partial charge in [-0.3, -0.25) is 9.69 Å². The highest BCUT2D eigenvalue weighted by molar-refractivity contribution is 6.34. The van der Waals surface area contributed by atoms with Gasteiger partial charge in [0.2, 0.25) is 0 Å². The number of halogens is 1. The standard InChI is InChI=1S/C20H29ClN6O3/c1-25(2)6-3-7-26-8-9-27(10-11-29-14-26)15-4-5-16(21)17(12-15)23-19(28)18-13-30-20(22)24-18/h4-5,12-13H,3,6-11,14H2,1-2H3,(H2,22,24)(H,23,28). The number of carbonyl (C=O) groups is 1. The van der Waals surface area contributed by atoms with Crippen molar-refractivity contribution in [3.8, 4) is 0 Å². The van der Waals surface area contributed by atoms with Gasteiger partial charge >= 0.3 is 0 Å². The van der Waals surface area contributed by atoms with Crippen LogP contribution < -0.4 is 16.0 Å². The van der Waals surface area contributed by atoms with Gasteiger partial charge in [0.25, 0.3) is 11.9 Å². The van der Waals surface area contributed by atoms with Crippen LogP contribution in [-0.4, -0.2) is 80.8 Å². The Bertz CT molecular complexity index is 844. The van der Waals surface area contributed by atoms with Gasteiger partial charge in [0.05, 0.1) is 24.0 Å². The molecule has 0 radical (unpaired) electrons. The van der Waals surface area contributed by atoms with Crippen molar-refractivity contribution in [2.24, 2.45) is 0 Å². The number of anilines is 3. The van der Waals surface area contributed by atoms with E-state index in [2.05, 4.69) is 39.1 Å². The van der Waals surface area contributed by atoms with Crippen LogP contribution in [-0.2, 0) is 4.74 Å². The van der Waals surface area contributed by atoms with Crippen LogP contribution in [0.5, 0.6) is 0 Å². The van der Waals surface area contributed by atoms with Crippen LogP contribution in [0.25, 0.3) is 0 Å². The number of nitrogens with one attached hydrogen (secondary N) is 1. The van der Waals surface area contributed by atoms with Crippen molar-refractivity contribution in [2.45, 2.75) is 6.42 Å². The smallest absolute Gasteiger partial charge is 0.292 e. The molecular weight excluding hydrogens is 408 g/mol. The molecule has 0 bridgehead atoms. The molecule has 1 aliphatic rings. The van der Waals surface area contributed by atoms with Crippen LogP contribution in [0.4, 0.5) is 17.4 Å². The second kappa shape index (κ2) is 10.6. The number of oxazole rings is 1. The third-order valence-electron chi connectivity index (χ3n) is 4.86. The lowest BCUT2D eigenvalue weighted by atomic mass is 10.2. The normalized spacial score (nSPS) is 15.8. The molecular formula is C20H29ClN6O3. The van der Waals surface area contributed by atoms with E-state index in [0.29, 0.717) is 24.0 Å². The van der Waals surface area contributed by atoms with Crippen molar-refractivity contribution in [1.29, 1.82) is 0 Å². The van der Waals surface area contributed by atoms with Gasteiger partial charge in [-0.15, -0.1) is 0 Å². The summed E-state index contributed by atoms with van der Waals surface area (Å²) >= 11 is 6.30. The van der Waals surface area contributed by atoms with E-state index in [1.54, 1.807) is 6.07 Å². The van der Waals surface area contributed by atoms with Crippen molar-refractivity contribution in [2.75, 3.05) is 76.1 Å². The highest BCUT2D eigenvalue weighted by atomic mass is 35.5. The number of ether oxygens (including phenoxy) is 1. The molecule has 10 heteroatoms. The molecule has 2 aromatic rings. The summed E-state index contributed by atoms with van der Waals surface area (Å²) in [6.45, 7) is 5.86. The zero-order valence-corrected chi connectivity index (χ0v) is 18.2. The fraction of sp³-hybridized carbons (Fsp3) is 0.500. The number of nitrogens with two attached hydrogens (primary N) is 1. The molecule has 0 spiro atoms. The summed E-state index contributed by atoms with van der Waals surface area (Å²) in [5, 5.41) is 3.21. The Kier molecular flexibility index (Phi) is 7.92. The Labute approximate surface area is 181 Å². The lowest BCUT2D eigenvalue weighted by Crippen LogP contribution is -2.42. The van der Waals surface area contributed by atoms with Gasteiger partial charge in [0.1, 0.15) is 6.26 Å². The van der Waals surface area contributed by atoms with Crippen LogP contribution >= 0.6 is 11.6 Å². The third-order valence-corrected chi connectivity index (χ3v) is 5.19. The first-order chi connectivity index (χ1) is 14.4. The SMILES string of the molecule is CN(C)CCCN1CCN(c2ccc(Cl)c(NC(=O)c3coc(N)n3)c2)CCOC1. The minimum atomic E-state index is -0.433. The van der Waals surface area contributed by atoms with Crippen LogP contribution in [0.1, 0.15) is 16.9 Å². The topological polar surface area (TPSA) is 100 Å². The maximum atomic E-state index is 12.4. The number of nitrogens with zero attached hydrogens (tertiary/aromatic N) is 4. The van der Waals surface area contributed by atoms with Crippen LogP contribution in [0.2, 0.25) is 5.02 Å². The molecule has 3 rings (SSSR count). The molecule has 0 unspecified atom stereocenters. The molecule has 0 atom stereocenters. The van der Waals surface area contributed by atoms with Gasteiger partial charge in [-0.05, 0) is 45.3 Å². The molecule has 9 nitrogen and oxygen atoms in total. The number of aromatic nitrogens is 1.